The second-order valence-corrected chi connectivity index (χ2v) is 16.2. The molecule has 0 aliphatic heterocycles. The highest BCUT2D eigenvalue weighted by Crippen LogP contribution is 2.58. The van der Waals surface area contributed by atoms with Crippen molar-refractivity contribution < 1.29 is 0 Å². The van der Waals surface area contributed by atoms with Crippen LogP contribution in [0.3, 0.4) is 0 Å². The molecule has 0 fully saturated rings. The number of rotatable bonds is 7. The molecule has 0 saturated heterocycles. The summed E-state index contributed by atoms with van der Waals surface area (Å²) < 4.78 is 2.36. The van der Waals surface area contributed by atoms with Gasteiger partial charge < -0.3 is 0 Å². The Morgan fingerprint density at radius 3 is 2.02 bits per heavy atom. The Labute approximate surface area is 356 Å². The Hall–Kier alpha value is -7.62. The highest BCUT2D eigenvalue weighted by atomic mass is 15.1. The Morgan fingerprint density at radius 1 is 0.574 bits per heavy atom. The van der Waals surface area contributed by atoms with E-state index in [1.807, 2.05) is 12.4 Å². The first-order valence-corrected chi connectivity index (χ1v) is 21.1. The van der Waals surface area contributed by atoms with Crippen molar-refractivity contribution in [1.29, 1.82) is 0 Å². The first-order valence-electron chi connectivity index (χ1n) is 21.1. The molecule has 2 aromatic heterocycles. The van der Waals surface area contributed by atoms with E-state index in [0.717, 1.165) is 28.1 Å². The molecule has 3 nitrogen and oxygen atoms in total. The van der Waals surface area contributed by atoms with Crippen LogP contribution in [0.25, 0.3) is 60.5 Å². The molecule has 0 spiro atoms. The molecule has 0 bridgehead atoms. The van der Waals surface area contributed by atoms with E-state index in [9.17, 15) is 0 Å². The molecule has 8 aromatic carbocycles. The fourth-order valence-corrected chi connectivity index (χ4v) is 10.1. The number of hydrogen-bond donors (Lipinski definition) is 0. The summed E-state index contributed by atoms with van der Waals surface area (Å²) in [5.41, 5.74) is 15.0. The fourth-order valence-electron chi connectivity index (χ4n) is 10.1. The maximum Gasteiger partial charge on any atom is 0.111 e. The van der Waals surface area contributed by atoms with Crippen LogP contribution in [-0.4, -0.2) is 15.4 Å². The van der Waals surface area contributed by atoms with E-state index in [1.165, 1.54) is 71.6 Å². The van der Waals surface area contributed by atoms with Crippen LogP contribution >= 0.6 is 0 Å². The van der Waals surface area contributed by atoms with Gasteiger partial charge in [-0.15, -0.1) is 0 Å². The number of allylic oxidation sites excluding steroid dienone is 1. The van der Waals surface area contributed by atoms with E-state index in [2.05, 4.69) is 230 Å². The Morgan fingerprint density at radius 2 is 1.21 bits per heavy atom. The molecular formula is C58H43N3. The summed E-state index contributed by atoms with van der Waals surface area (Å²) in [6.07, 6.45) is 6.14. The normalized spacial score (nSPS) is 15.6. The first-order chi connectivity index (χ1) is 30.1. The standard InChI is InChI=1S/C58H43N3/c1-39(41-17-6-3-7-18-41)37-53(43-20-8-4-9-21-43)60-40(2)61-54-31-30-44(38-50(54)57-47-24-13-12-19-42(47)29-32-55(57)61)48-26-16-28-52-56(48)49-25-14-15-27-51(49)58(52,45-22-10-5-11-23-45)46-33-35-59-36-34-46/h3-39H,1-2H3/b53-37-,60-40?. The average Bonchev–Trinajstić information content (AvgIpc) is 3.83. The van der Waals surface area contributed by atoms with Crippen molar-refractivity contribution >= 4 is 44.1 Å². The van der Waals surface area contributed by atoms with Gasteiger partial charge in [-0.25, -0.2) is 4.99 Å². The van der Waals surface area contributed by atoms with E-state index < -0.39 is 5.41 Å². The minimum absolute atomic E-state index is 0.175. The van der Waals surface area contributed by atoms with Gasteiger partial charge in [0.05, 0.1) is 22.1 Å². The van der Waals surface area contributed by atoms with Crippen LogP contribution in [0.5, 0.6) is 0 Å². The minimum Gasteiger partial charge on any atom is -0.297 e. The summed E-state index contributed by atoms with van der Waals surface area (Å²) in [5.74, 6) is 1.09. The van der Waals surface area contributed by atoms with Gasteiger partial charge in [0.2, 0.25) is 0 Å². The molecule has 2 heterocycles. The predicted molar refractivity (Wildman–Crippen MR) is 255 cm³/mol. The minimum atomic E-state index is -0.502. The van der Waals surface area contributed by atoms with Crippen LogP contribution in [-0.2, 0) is 5.41 Å². The molecule has 3 heteroatoms. The van der Waals surface area contributed by atoms with Crippen molar-refractivity contribution in [2.75, 3.05) is 0 Å². The summed E-state index contributed by atoms with van der Waals surface area (Å²) in [5, 5.41) is 4.88. The maximum absolute atomic E-state index is 5.50. The second-order valence-electron chi connectivity index (χ2n) is 16.2. The number of benzene rings is 8. The Balaban J connectivity index is 1.15. The molecule has 0 saturated carbocycles. The molecule has 2 unspecified atom stereocenters. The third-order valence-corrected chi connectivity index (χ3v) is 12.8. The highest BCUT2D eigenvalue weighted by Gasteiger charge is 2.46. The molecule has 2 atom stereocenters. The zero-order valence-electron chi connectivity index (χ0n) is 34.2. The largest absolute Gasteiger partial charge is 0.297 e. The molecule has 0 radical (unpaired) electrons. The first kappa shape index (κ1) is 36.5. The van der Waals surface area contributed by atoms with Crippen molar-refractivity contribution in [2.24, 2.45) is 4.99 Å². The van der Waals surface area contributed by atoms with Crippen molar-refractivity contribution in [3.8, 4) is 22.3 Å². The number of aromatic nitrogens is 2. The van der Waals surface area contributed by atoms with Gasteiger partial charge >= 0.3 is 0 Å². The van der Waals surface area contributed by atoms with Gasteiger partial charge in [0, 0.05) is 29.1 Å². The topological polar surface area (TPSA) is 30.2 Å². The van der Waals surface area contributed by atoms with Crippen LogP contribution in [0.1, 0.15) is 53.1 Å². The second kappa shape index (κ2) is 14.9. The third kappa shape index (κ3) is 5.88. The Bertz CT molecular complexity index is 3270. The van der Waals surface area contributed by atoms with E-state index in [-0.39, 0.29) is 5.92 Å². The smallest absolute Gasteiger partial charge is 0.111 e. The lowest BCUT2D eigenvalue weighted by molar-refractivity contribution is 0.766. The van der Waals surface area contributed by atoms with Crippen LogP contribution in [0.15, 0.2) is 224 Å². The van der Waals surface area contributed by atoms with Gasteiger partial charge in [0.25, 0.3) is 0 Å². The third-order valence-electron chi connectivity index (χ3n) is 12.8. The number of fused-ring (bicyclic) bond motifs is 8. The zero-order chi connectivity index (χ0) is 40.9. The molecule has 290 valence electrons. The fraction of sp³-hybridized carbons (Fsp3) is 0.0690. The van der Waals surface area contributed by atoms with Gasteiger partial charge in [-0.1, -0.05) is 183 Å². The molecule has 10 aromatic rings. The lowest BCUT2D eigenvalue weighted by Gasteiger charge is -2.33. The van der Waals surface area contributed by atoms with Gasteiger partial charge in [-0.3, -0.25) is 9.55 Å². The van der Waals surface area contributed by atoms with Crippen LogP contribution in [0, 0.1) is 0 Å². The molecule has 1 aliphatic carbocycles. The summed E-state index contributed by atoms with van der Waals surface area (Å²) in [7, 11) is 0. The molecule has 1 aliphatic rings. The summed E-state index contributed by atoms with van der Waals surface area (Å²) in [6, 6.07) is 72.7. The van der Waals surface area contributed by atoms with Crippen LogP contribution in [0.4, 0.5) is 0 Å². The summed E-state index contributed by atoms with van der Waals surface area (Å²) >= 11 is 0. The number of aliphatic imine (C=N–C) groups is 1. The van der Waals surface area contributed by atoms with Gasteiger partial charge in [0.1, 0.15) is 5.84 Å². The maximum atomic E-state index is 5.50. The Kier molecular flexibility index (Phi) is 8.90. The molecular weight excluding hydrogens is 739 g/mol. The SMILES string of the molecule is CC(=N/C(=C\C(C)c1ccccc1)c1ccccc1)n1c2ccc(-c3cccc4c3-c3ccccc3C4(c3ccccc3)c3ccncc3)cc2c2c3ccccc3ccc21. The molecule has 0 N–H and O–H groups in total. The predicted octanol–water partition coefficient (Wildman–Crippen LogP) is 14.5. The lowest BCUT2D eigenvalue weighted by atomic mass is 9.68. The van der Waals surface area contributed by atoms with E-state index in [4.69, 9.17) is 4.99 Å². The highest BCUT2D eigenvalue weighted by molar-refractivity contribution is 6.24. The quantitative estimate of drug-likeness (QED) is 0.117. The molecule has 61 heavy (non-hydrogen) atoms. The summed E-state index contributed by atoms with van der Waals surface area (Å²) in [6.45, 7) is 4.39. The van der Waals surface area contributed by atoms with Gasteiger partial charge in [0.15, 0.2) is 0 Å². The van der Waals surface area contributed by atoms with Crippen molar-refractivity contribution in [3.05, 3.63) is 252 Å². The average molecular weight is 782 g/mol. The number of hydrogen-bond acceptors (Lipinski definition) is 2. The van der Waals surface area contributed by atoms with E-state index >= 15 is 0 Å². The molecule has 11 rings (SSSR count). The van der Waals surface area contributed by atoms with Crippen molar-refractivity contribution in [1.82, 2.24) is 9.55 Å². The monoisotopic (exact) mass is 781 g/mol. The van der Waals surface area contributed by atoms with Crippen LogP contribution < -0.4 is 0 Å². The lowest BCUT2D eigenvalue weighted by Crippen LogP contribution is -2.28. The van der Waals surface area contributed by atoms with Crippen molar-refractivity contribution in [3.63, 3.8) is 0 Å². The summed E-state index contributed by atoms with van der Waals surface area (Å²) in [4.78, 5) is 9.95. The van der Waals surface area contributed by atoms with E-state index in [0.29, 0.717) is 0 Å². The van der Waals surface area contributed by atoms with Gasteiger partial charge in [-0.2, -0.15) is 0 Å². The van der Waals surface area contributed by atoms with Gasteiger partial charge in [-0.05, 0) is 104 Å². The number of nitrogens with zero attached hydrogens (tertiary/aromatic N) is 3. The number of pyridine rings is 1. The molecule has 0 amide bonds. The zero-order valence-corrected chi connectivity index (χ0v) is 34.2. The van der Waals surface area contributed by atoms with Crippen LogP contribution in [0.2, 0.25) is 0 Å². The van der Waals surface area contributed by atoms with E-state index in [1.54, 1.807) is 0 Å². The van der Waals surface area contributed by atoms with Crippen molar-refractivity contribution in [2.45, 2.75) is 25.2 Å².